The first kappa shape index (κ1) is 14.2. The molecule has 5 heteroatoms. The number of amides is 2. The summed E-state index contributed by atoms with van der Waals surface area (Å²) in [6.07, 6.45) is 5.67. The molecule has 0 heterocycles. The zero-order valence-electron chi connectivity index (χ0n) is 11.7. The van der Waals surface area contributed by atoms with Gasteiger partial charge in [-0.15, -0.1) is 0 Å². The number of carbonyl (C=O) groups is 2. The molecule has 2 aliphatic carbocycles. The number of carboxylic acids is 1. The number of aliphatic carboxylic acids is 1. The zero-order chi connectivity index (χ0) is 13.9. The summed E-state index contributed by atoms with van der Waals surface area (Å²) < 4.78 is 0. The predicted octanol–water partition coefficient (Wildman–Crippen LogP) is 2.07. The van der Waals surface area contributed by atoms with Gasteiger partial charge in [-0.05, 0) is 38.0 Å². The van der Waals surface area contributed by atoms with Crippen LogP contribution in [0.25, 0.3) is 0 Å². The molecule has 5 nitrogen and oxygen atoms in total. The predicted molar refractivity (Wildman–Crippen MR) is 71.9 cm³/mol. The maximum absolute atomic E-state index is 12.1. The molecule has 0 saturated heterocycles. The fourth-order valence-corrected chi connectivity index (χ4v) is 2.58. The molecule has 0 radical (unpaired) electrons. The van der Waals surface area contributed by atoms with E-state index in [1.54, 1.807) is 0 Å². The Morgan fingerprint density at radius 3 is 2.47 bits per heavy atom. The third-order valence-corrected chi connectivity index (χ3v) is 4.30. The SMILES string of the molecule is CCCN(CC1CC1)C(=O)NCC1(C(=O)O)CCC1. The molecular weight excluding hydrogens is 244 g/mol. The minimum atomic E-state index is -0.775. The van der Waals surface area contributed by atoms with Gasteiger partial charge in [0.05, 0.1) is 5.41 Å². The normalized spacial score (nSPS) is 20.5. The first-order chi connectivity index (χ1) is 9.07. The second-order valence-corrected chi connectivity index (χ2v) is 5.99. The number of nitrogens with one attached hydrogen (secondary N) is 1. The number of nitrogens with zero attached hydrogens (tertiary/aromatic N) is 1. The Balaban J connectivity index is 1.82. The van der Waals surface area contributed by atoms with Crippen molar-refractivity contribution in [2.24, 2.45) is 11.3 Å². The van der Waals surface area contributed by atoms with E-state index in [0.717, 1.165) is 25.9 Å². The number of hydrogen-bond acceptors (Lipinski definition) is 2. The van der Waals surface area contributed by atoms with Crippen molar-refractivity contribution in [3.8, 4) is 0 Å². The maximum atomic E-state index is 12.1. The van der Waals surface area contributed by atoms with Gasteiger partial charge in [0, 0.05) is 19.6 Å². The summed E-state index contributed by atoms with van der Waals surface area (Å²) in [6, 6.07) is -0.0960. The Bertz CT molecular complexity index is 349. The standard InChI is InChI=1S/C14H24N2O3/c1-2-8-16(9-11-4-5-11)13(19)15-10-14(12(17)18)6-3-7-14/h11H,2-10H2,1H3,(H,15,19)(H,17,18). The molecule has 2 fully saturated rings. The van der Waals surface area contributed by atoms with Crippen molar-refractivity contribution in [1.29, 1.82) is 0 Å². The fourth-order valence-electron chi connectivity index (χ4n) is 2.58. The Morgan fingerprint density at radius 2 is 2.05 bits per heavy atom. The van der Waals surface area contributed by atoms with Crippen molar-refractivity contribution in [2.75, 3.05) is 19.6 Å². The topological polar surface area (TPSA) is 69.6 Å². The smallest absolute Gasteiger partial charge is 0.317 e. The summed E-state index contributed by atoms with van der Waals surface area (Å²) in [6.45, 7) is 3.89. The van der Waals surface area contributed by atoms with Crippen LogP contribution in [-0.4, -0.2) is 41.6 Å². The summed E-state index contributed by atoms with van der Waals surface area (Å²) in [5.74, 6) is -0.113. The Morgan fingerprint density at radius 1 is 1.37 bits per heavy atom. The van der Waals surface area contributed by atoms with Gasteiger partial charge in [-0.25, -0.2) is 4.79 Å². The van der Waals surface area contributed by atoms with E-state index in [4.69, 9.17) is 0 Å². The molecule has 0 aromatic rings. The van der Waals surface area contributed by atoms with Crippen LogP contribution in [-0.2, 0) is 4.79 Å². The molecule has 108 valence electrons. The lowest BCUT2D eigenvalue weighted by atomic mass is 9.69. The minimum Gasteiger partial charge on any atom is -0.481 e. The zero-order valence-corrected chi connectivity index (χ0v) is 11.7. The average molecular weight is 268 g/mol. The van der Waals surface area contributed by atoms with E-state index in [1.165, 1.54) is 12.8 Å². The van der Waals surface area contributed by atoms with Crippen molar-refractivity contribution in [2.45, 2.75) is 45.4 Å². The van der Waals surface area contributed by atoms with Crippen molar-refractivity contribution < 1.29 is 14.7 Å². The lowest BCUT2D eigenvalue weighted by molar-refractivity contribution is -0.153. The van der Waals surface area contributed by atoms with Crippen LogP contribution in [0.5, 0.6) is 0 Å². The lowest BCUT2D eigenvalue weighted by Crippen LogP contribution is -2.51. The van der Waals surface area contributed by atoms with Crippen LogP contribution in [0.2, 0.25) is 0 Å². The molecule has 2 amide bonds. The second kappa shape index (κ2) is 5.80. The Labute approximate surface area is 114 Å². The molecule has 0 bridgehead atoms. The van der Waals surface area contributed by atoms with Crippen molar-refractivity contribution in [1.82, 2.24) is 10.2 Å². The monoisotopic (exact) mass is 268 g/mol. The number of hydrogen-bond donors (Lipinski definition) is 2. The van der Waals surface area contributed by atoms with Gasteiger partial charge in [0.25, 0.3) is 0 Å². The minimum absolute atomic E-state index is 0.0960. The molecule has 2 N–H and O–H groups in total. The summed E-state index contributed by atoms with van der Waals surface area (Å²) in [4.78, 5) is 25.2. The number of carboxylic acid groups (broad SMARTS) is 1. The molecule has 0 spiro atoms. The van der Waals surface area contributed by atoms with E-state index < -0.39 is 11.4 Å². The summed E-state index contributed by atoms with van der Waals surface area (Å²) in [7, 11) is 0. The van der Waals surface area contributed by atoms with Crippen LogP contribution in [0, 0.1) is 11.3 Å². The van der Waals surface area contributed by atoms with E-state index in [2.05, 4.69) is 12.2 Å². The third kappa shape index (κ3) is 3.39. The molecule has 19 heavy (non-hydrogen) atoms. The van der Waals surface area contributed by atoms with Gasteiger partial charge in [0.2, 0.25) is 0 Å². The lowest BCUT2D eigenvalue weighted by Gasteiger charge is -2.38. The highest BCUT2D eigenvalue weighted by molar-refractivity contribution is 5.79. The van der Waals surface area contributed by atoms with Gasteiger partial charge in [0.15, 0.2) is 0 Å². The molecule has 0 unspecified atom stereocenters. The molecule has 0 aromatic heterocycles. The number of carbonyl (C=O) groups excluding carboxylic acids is 1. The first-order valence-corrected chi connectivity index (χ1v) is 7.33. The molecule has 0 atom stereocenters. The molecule has 2 aliphatic rings. The Kier molecular flexibility index (Phi) is 4.32. The quantitative estimate of drug-likeness (QED) is 0.742. The van der Waals surface area contributed by atoms with Gasteiger partial charge in [-0.1, -0.05) is 13.3 Å². The highest BCUT2D eigenvalue weighted by Gasteiger charge is 2.44. The van der Waals surface area contributed by atoms with Gasteiger partial charge in [-0.3, -0.25) is 4.79 Å². The number of urea groups is 1. The van der Waals surface area contributed by atoms with Crippen LogP contribution in [0.3, 0.4) is 0 Å². The van der Waals surface area contributed by atoms with Gasteiger partial charge >= 0.3 is 12.0 Å². The first-order valence-electron chi connectivity index (χ1n) is 7.33. The van der Waals surface area contributed by atoms with E-state index in [1.807, 2.05) is 4.90 Å². The van der Waals surface area contributed by atoms with Gasteiger partial charge in [0.1, 0.15) is 0 Å². The van der Waals surface area contributed by atoms with E-state index in [-0.39, 0.29) is 12.6 Å². The molecule has 0 aliphatic heterocycles. The van der Waals surface area contributed by atoms with Crippen LogP contribution in [0.1, 0.15) is 45.4 Å². The van der Waals surface area contributed by atoms with Crippen molar-refractivity contribution >= 4 is 12.0 Å². The highest BCUT2D eigenvalue weighted by atomic mass is 16.4. The maximum Gasteiger partial charge on any atom is 0.317 e. The Hall–Kier alpha value is -1.26. The molecular formula is C14H24N2O3. The van der Waals surface area contributed by atoms with Crippen LogP contribution in [0.15, 0.2) is 0 Å². The second-order valence-electron chi connectivity index (χ2n) is 5.99. The van der Waals surface area contributed by atoms with Crippen LogP contribution in [0.4, 0.5) is 4.79 Å². The molecule has 2 saturated carbocycles. The summed E-state index contributed by atoms with van der Waals surface area (Å²) in [5, 5.41) is 12.1. The third-order valence-electron chi connectivity index (χ3n) is 4.30. The van der Waals surface area contributed by atoms with E-state index in [9.17, 15) is 14.7 Å². The van der Waals surface area contributed by atoms with Crippen molar-refractivity contribution in [3.63, 3.8) is 0 Å². The summed E-state index contributed by atoms with van der Waals surface area (Å²) in [5.41, 5.74) is -0.701. The van der Waals surface area contributed by atoms with Crippen molar-refractivity contribution in [3.05, 3.63) is 0 Å². The van der Waals surface area contributed by atoms with Crippen LogP contribution >= 0.6 is 0 Å². The van der Waals surface area contributed by atoms with E-state index >= 15 is 0 Å². The highest BCUT2D eigenvalue weighted by Crippen LogP contribution is 2.40. The van der Waals surface area contributed by atoms with E-state index in [0.29, 0.717) is 18.8 Å². The average Bonchev–Trinajstić information content (AvgIpc) is 3.10. The molecule has 2 rings (SSSR count). The number of rotatable bonds is 7. The van der Waals surface area contributed by atoms with Crippen LogP contribution < -0.4 is 5.32 Å². The van der Waals surface area contributed by atoms with Gasteiger partial charge < -0.3 is 15.3 Å². The summed E-state index contributed by atoms with van der Waals surface area (Å²) >= 11 is 0. The fraction of sp³-hybridized carbons (Fsp3) is 0.857. The van der Waals surface area contributed by atoms with Gasteiger partial charge in [-0.2, -0.15) is 0 Å². The molecule has 0 aromatic carbocycles. The largest absolute Gasteiger partial charge is 0.481 e.